The van der Waals surface area contributed by atoms with Gasteiger partial charge in [-0.15, -0.1) is 0 Å². The van der Waals surface area contributed by atoms with E-state index >= 15 is 0 Å². The first-order valence-corrected chi connectivity index (χ1v) is 12.5. The number of piperidine rings is 1. The van der Waals surface area contributed by atoms with E-state index in [0.29, 0.717) is 56.6 Å². The van der Waals surface area contributed by atoms with Gasteiger partial charge in [0.1, 0.15) is 5.75 Å². The van der Waals surface area contributed by atoms with Crippen molar-refractivity contribution in [2.24, 2.45) is 5.92 Å². The maximum absolute atomic E-state index is 13.3. The predicted octanol–water partition coefficient (Wildman–Crippen LogP) is 2.81. The van der Waals surface area contributed by atoms with Crippen molar-refractivity contribution >= 4 is 15.9 Å². The Hall–Kier alpha value is -2.42. The number of benzene rings is 2. The standard InChI is InChI=1S/C24H30N2O5S/c1-30-23-8-7-21(32(28,29)26-13-15-31-16-14-26)18-22(23)24(27)25-11-9-20(10-12-25)17-19-5-3-2-4-6-19/h2-8,18,20H,9-17H2,1H3. The zero-order chi connectivity index (χ0) is 22.6. The molecule has 0 N–H and O–H groups in total. The summed E-state index contributed by atoms with van der Waals surface area (Å²) in [7, 11) is -2.20. The molecular weight excluding hydrogens is 428 g/mol. The number of carbonyl (C=O) groups excluding carboxylic acids is 1. The molecule has 2 fully saturated rings. The number of methoxy groups -OCH3 is 1. The summed E-state index contributed by atoms with van der Waals surface area (Å²) in [5.74, 6) is 0.748. The van der Waals surface area contributed by atoms with Gasteiger partial charge < -0.3 is 14.4 Å². The molecule has 172 valence electrons. The van der Waals surface area contributed by atoms with Crippen molar-refractivity contribution < 1.29 is 22.7 Å². The molecule has 2 aromatic carbocycles. The number of rotatable bonds is 6. The first-order chi connectivity index (χ1) is 15.5. The van der Waals surface area contributed by atoms with Gasteiger partial charge in [-0.05, 0) is 48.9 Å². The molecule has 0 saturated carbocycles. The van der Waals surface area contributed by atoms with E-state index in [1.165, 1.54) is 29.1 Å². The van der Waals surface area contributed by atoms with Crippen LogP contribution in [-0.2, 0) is 21.2 Å². The Labute approximate surface area is 190 Å². The quantitative estimate of drug-likeness (QED) is 0.665. The van der Waals surface area contributed by atoms with Gasteiger partial charge in [0.05, 0.1) is 30.8 Å². The van der Waals surface area contributed by atoms with Crippen LogP contribution in [0.15, 0.2) is 53.4 Å². The average Bonchev–Trinajstić information content (AvgIpc) is 2.85. The number of hydrogen-bond donors (Lipinski definition) is 0. The Kier molecular flexibility index (Phi) is 7.13. The zero-order valence-corrected chi connectivity index (χ0v) is 19.2. The fourth-order valence-electron chi connectivity index (χ4n) is 4.41. The summed E-state index contributed by atoms with van der Waals surface area (Å²) in [6.45, 7) is 2.68. The van der Waals surface area contributed by atoms with Crippen molar-refractivity contribution in [3.8, 4) is 5.75 Å². The lowest BCUT2D eigenvalue weighted by Gasteiger charge is -2.32. The molecule has 2 aliphatic rings. The normalized spacial score (nSPS) is 18.5. The fraction of sp³-hybridized carbons (Fsp3) is 0.458. The van der Waals surface area contributed by atoms with Crippen LogP contribution in [0.2, 0.25) is 0 Å². The molecule has 0 bridgehead atoms. The monoisotopic (exact) mass is 458 g/mol. The number of amides is 1. The second-order valence-electron chi connectivity index (χ2n) is 8.30. The molecular formula is C24H30N2O5S. The summed E-state index contributed by atoms with van der Waals surface area (Å²) in [5.41, 5.74) is 1.61. The minimum atomic E-state index is -3.69. The van der Waals surface area contributed by atoms with Gasteiger partial charge in [0, 0.05) is 26.2 Å². The van der Waals surface area contributed by atoms with E-state index < -0.39 is 10.0 Å². The Morgan fingerprint density at radius 3 is 2.38 bits per heavy atom. The highest BCUT2D eigenvalue weighted by Crippen LogP contribution is 2.28. The molecule has 7 nitrogen and oxygen atoms in total. The minimum absolute atomic E-state index is 0.113. The second-order valence-corrected chi connectivity index (χ2v) is 10.2. The van der Waals surface area contributed by atoms with Crippen LogP contribution in [0.25, 0.3) is 0 Å². The highest BCUT2D eigenvalue weighted by molar-refractivity contribution is 7.89. The zero-order valence-electron chi connectivity index (χ0n) is 18.4. The van der Waals surface area contributed by atoms with Crippen molar-refractivity contribution in [1.82, 2.24) is 9.21 Å². The summed E-state index contributed by atoms with van der Waals surface area (Å²) < 4.78 is 38.2. The molecule has 1 amide bonds. The molecule has 4 rings (SSSR count). The molecule has 2 aliphatic heterocycles. The summed E-state index contributed by atoms with van der Waals surface area (Å²) in [5, 5.41) is 0. The van der Waals surface area contributed by atoms with Crippen LogP contribution < -0.4 is 4.74 Å². The number of carbonyl (C=O) groups is 1. The van der Waals surface area contributed by atoms with E-state index in [2.05, 4.69) is 24.3 Å². The number of likely N-dealkylation sites (tertiary alicyclic amines) is 1. The van der Waals surface area contributed by atoms with Crippen molar-refractivity contribution in [1.29, 1.82) is 0 Å². The van der Waals surface area contributed by atoms with Crippen LogP contribution in [0, 0.1) is 5.92 Å². The lowest BCUT2D eigenvalue weighted by atomic mass is 9.90. The average molecular weight is 459 g/mol. The third kappa shape index (κ3) is 4.98. The molecule has 0 aliphatic carbocycles. The van der Waals surface area contributed by atoms with E-state index in [0.717, 1.165) is 19.3 Å². The maximum atomic E-state index is 13.3. The van der Waals surface area contributed by atoms with Gasteiger partial charge in [0.25, 0.3) is 5.91 Å². The summed E-state index contributed by atoms with van der Waals surface area (Å²) in [6.07, 6.45) is 2.86. The topological polar surface area (TPSA) is 76.1 Å². The van der Waals surface area contributed by atoms with Crippen LogP contribution in [0.3, 0.4) is 0 Å². The van der Waals surface area contributed by atoms with Crippen LogP contribution >= 0.6 is 0 Å². The largest absolute Gasteiger partial charge is 0.496 e. The summed E-state index contributed by atoms with van der Waals surface area (Å²) in [4.78, 5) is 15.2. The first-order valence-electron chi connectivity index (χ1n) is 11.1. The molecule has 2 aromatic rings. The van der Waals surface area contributed by atoms with E-state index in [1.807, 2.05) is 11.0 Å². The third-order valence-electron chi connectivity index (χ3n) is 6.28. The van der Waals surface area contributed by atoms with Gasteiger partial charge in [-0.3, -0.25) is 4.79 Å². The number of morpholine rings is 1. The predicted molar refractivity (Wildman–Crippen MR) is 121 cm³/mol. The molecule has 0 atom stereocenters. The number of nitrogens with zero attached hydrogens (tertiary/aromatic N) is 2. The number of sulfonamides is 1. The smallest absolute Gasteiger partial charge is 0.257 e. The summed E-state index contributed by atoms with van der Waals surface area (Å²) in [6, 6.07) is 14.9. The van der Waals surface area contributed by atoms with E-state index in [4.69, 9.17) is 9.47 Å². The highest BCUT2D eigenvalue weighted by atomic mass is 32.2. The lowest BCUT2D eigenvalue weighted by Crippen LogP contribution is -2.41. The molecule has 2 heterocycles. The molecule has 32 heavy (non-hydrogen) atoms. The Morgan fingerprint density at radius 2 is 1.72 bits per heavy atom. The first kappa shape index (κ1) is 22.8. The Bertz CT molecular complexity index is 1030. The lowest BCUT2D eigenvalue weighted by molar-refractivity contribution is 0.0686. The van der Waals surface area contributed by atoms with Crippen LogP contribution in [0.5, 0.6) is 5.75 Å². The Balaban J connectivity index is 1.47. The van der Waals surface area contributed by atoms with Crippen molar-refractivity contribution in [2.75, 3.05) is 46.5 Å². The fourth-order valence-corrected chi connectivity index (χ4v) is 5.84. The van der Waals surface area contributed by atoms with E-state index in [-0.39, 0.29) is 10.8 Å². The van der Waals surface area contributed by atoms with Crippen molar-refractivity contribution in [2.45, 2.75) is 24.2 Å². The van der Waals surface area contributed by atoms with Crippen molar-refractivity contribution in [3.63, 3.8) is 0 Å². The molecule has 0 radical (unpaired) electrons. The molecule has 0 spiro atoms. The molecule has 0 unspecified atom stereocenters. The molecule has 2 saturated heterocycles. The van der Waals surface area contributed by atoms with Crippen molar-refractivity contribution in [3.05, 3.63) is 59.7 Å². The van der Waals surface area contributed by atoms with E-state index in [9.17, 15) is 13.2 Å². The Morgan fingerprint density at radius 1 is 1.03 bits per heavy atom. The van der Waals surface area contributed by atoms with Gasteiger partial charge in [-0.25, -0.2) is 8.42 Å². The highest BCUT2D eigenvalue weighted by Gasteiger charge is 2.30. The maximum Gasteiger partial charge on any atom is 0.257 e. The van der Waals surface area contributed by atoms with Gasteiger partial charge in [0.2, 0.25) is 10.0 Å². The second kappa shape index (κ2) is 10.0. The SMILES string of the molecule is COc1ccc(S(=O)(=O)N2CCOCC2)cc1C(=O)N1CCC(Cc2ccccc2)CC1. The van der Waals surface area contributed by atoms with Gasteiger partial charge in [-0.2, -0.15) is 4.31 Å². The van der Waals surface area contributed by atoms with Crippen LogP contribution in [0.4, 0.5) is 0 Å². The van der Waals surface area contributed by atoms with Gasteiger partial charge >= 0.3 is 0 Å². The minimum Gasteiger partial charge on any atom is -0.496 e. The van der Waals surface area contributed by atoms with Gasteiger partial charge in [0.15, 0.2) is 0 Å². The van der Waals surface area contributed by atoms with E-state index in [1.54, 1.807) is 6.07 Å². The van der Waals surface area contributed by atoms with Gasteiger partial charge in [-0.1, -0.05) is 30.3 Å². The summed E-state index contributed by atoms with van der Waals surface area (Å²) >= 11 is 0. The van der Waals surface area contributed by atoms with Crippen LogP contribution in [-0.4, -0.2) is 70.0 Å². The van der Waals surface area contributed by atoms with Crippen LogP contribution in [0.1, 0.15) is 28.8 Å². The third-order valence-corrected chi connectivity index (χ3v) is 8.17. The number of ether oxygens (including phenoxy) is 2. The molecule has 8 heteroatoms. The molecule has 0 aromatic heterocycles. The number of hydrogen-bond acceptors (Lipinski definition) is 5.